The number of carbonyl (C=O) groups excluding carboxylic acids is 1. The smallest absolute Gasteiger partial charge is 0.341 e. The summed E-state index contributed by atoms with van der Waals surface area (Å²) < 4.78 is 4.86. The second-order valence-electron chi connectivity index (χ2n) is 8.75. The third kappa shape index (κ3) is 20.3. The summed E-state index contributed by atoms with van der Waals surface area (Å²) in [5.41, 5.74) is 0.218. The fourth-order valence-corrected chi connectivity index (χ4v) is 3.57. The molecule has 0 amide bonds. The van der Waals surface area contributed by atoms with E-state index in [0.29, 0.717) is 13.0 Å². The average Bonchev–Trinajstić information content (AvgIpc) is 2.80. The van der Waals surface area contributed by atoms with Gasteiger partial charge >= 0.3 is 11.9 Å². The normalized spacial score (nSPS) is 10.4. The first kappa shape index (κ1) is 31.0. The number of unbranched alkanes of at least 4 members (excludes halogenated alkanes) is 14. The van der Waals surface area contributed by atoms with Gasteiger partial charge in [-0.15, -0.1) is 0 Å². The summed E-state index contributed by atoms with van der Waals surface area (Å²) in [4.78, 5) is 21.6. The molecule has 0 radical (unpaired) electrons. The minimum atomic E-state index is -0.653. The topological polar surface area (TPSA) is 83.8 Å². The van der Waals surface area contributed by atoms with E-state index in [1.165, 1.54) is 95.6 Å². The molecule has 0 bridgehead atoms. The first-order valence-electron chi connectivity index (χ1n) is 13.2. The third-order valence-corrected chi connectivity index (χ3v) is 5.56. The molecule has 0 aliphatic carbocycles. The molecule has 0 atom stereocenters. The molecule has 1 aromatic rings. The van der Waals surface area contributed by atoms with Gasteiger partial charge in [0.15, 0.2) is 0 Å². The van der Waals surface area contributed by atoms with Gasteiger partial charge in [0.25, 0.3) is 0 Å². The van der Waals surface area contributed by atoms with Crippen molar-refractivity contribution < 1.29 is 24.5 Å². The van der Waals surface area contributed by atoms with Gasteiger partial charge in [0.2, 0.25) is 0 Å². The maximum absolute atomic E-state index is 11.2. The zero-order chi connectivity index (χ0) is 24.6. The van der Waals surface area contributed by atoms with Crippen molar-refractivity contribution >= 4 is 11.9 Å². The number of aromatic hydroxyl groups is 1. The number of hydrogen-bond donors (Lipinski definition) is 2. The number of carboxylic acid groups (broad SMARTS) is 1. The molecule has 1 aromatic carbocycles. The molecule has 0 heterocycles. The number of para-hydroxylation sites is 1. The predicted molar refractivity (Wildman–Crippen MR) is 136 cm³/mol. The molecule has 190 valence electrons. The third-order valence-electron chi connectivity index (χ3n) is 5.56. The van der Waals surface area contributed by atoms with Crippen molar-refractivity contribution in [3.8, 4) is 5.75 Å². The first-order valence-corrected chi connectivity index (χ1v) is 13.2. The van der Waals surface area contributed by atoms with E-state index in [0.717, 1.165) is 19.3 Å². The number of phenolic OH excluding ortho intramolecular Hbond substituents is 1. The molecule has 2 N–H and O–H groups in total. The molecule has 33 heavy (non-hydrogen) atoms. The summed E-state index contributed by atoms with van der Waals surface area (Å²) in [6.07, 6.45) is 21.0. The highest BCUT2D eigenvalue weighted by atomic mass is 16.5. The van der Waals surface area contributed by atoms with E-state index < -0.39 is 11.9 Å². The van der Waals surface area contributed by atoms with Crippen LogP contribution in [-0.4, -0.2) is 28.8 Å². The van der Waals surface area contributed by atoms with Crippen molar-refractivity contribution in [1.82, 2.24) is 0 Å². The fourth-order valence-electron chi connectivity index (χ4n) is 3.57. The standard InChI is InChI=1S/C18H36O2.C10H12O3/c1-2-3-4-5-6-7-8-9-10-11-12-13-14-15-16-17-18(19)20;1-2-7-13-10(12)8-5-3-4-6-9(8)11/h2-17H2,1H3,(H,19,20);3-6,11H,2,7H2,1H3. The number of aliphatic carboxylic acids is 1. The van der Waals surface area contributed by atoms with Gasteiger partial charge in [-0.1, -0.05) is 116 Å². The SMILES string of the molecule is CCCCCCCCCCCCCCCCCC(=O)O.CCCOC(=O)c1ccccc1O. The zero-order valence-electron chi connectivity index (χ0n) is 21.2. The van der Waals surface area contributed by atoms with Crippen molar-refractivity contribution in [1.29, 1.82) is 0 Å². The molecule has 0 saturated heterocycles. The summed E-state index contributed by atoms with van der Waals surface area (Å²) in [5, 5.41) is 17.8. The number of rotatable bonds is 19. The molecule has 0 saturated carbocycles. The summed E-state index contributed by atoms with van der Waals surface area (Å²) in [6.45, 7) is 4.57. The molecule has 0 aromatic heterocycles. The van der Waals surface area contributed by atoms with Crippen LogP contribution in [0.15, 0.2) is 24.3 Å². The Hall–Kier alpha value is -2.04. The lowest BCUT2D eigenvalue weighted by Gasteiger charge is -2.03. The van der Waals surface area contributed by atoms with Crippen molar-refractivity contribution in [2.45, 2.75) is 123 Å². The van der Waals surface area contributed by atoms with Crippen LogP contribution in [0.4, 0.5) is 0 Å². The molecule has 0 fully saturated rings. The van der Waals surface area contributed by atoms with Crippen LogP contribution in [0.2, 0.25) is 0 Å². The number of carboxylic acids is 1. The van der Waals surface area contributed by atoms with Crippen molar-refractivity contribution in [3.63, 3.8) is 0 Å². The Balaban J connectivity index is 0.000000676. The number of ether oxygens (including phenoxy) is 1. The maximum atomic E-state index is 11.2. The molecular weight excluding hydrogens is 416 g/mol. The summed E-state index contributed by atoms with van der Waals surface area (Å²) in [7, 11) is 0. The predicted octanol–water partition coefficient (Wildman–Crippen LogP) is 8.29. The minimum absolute atomic E-state index is 0.0383. The molecule has 5 nitrogen and oxygen atoms in total. The number of phenols is 1. The molecule has 5 heteroatoms. The molecule has 0 aliphatic rings. The van der Waals surface area contributed by atoms with Crippen LogP contribution >= 0.6 is 0 Å². The zero-order valence-corrected chi connectivity index (χ0v) is 21.2. The van der Waals surface area contributed by atoms with Crippen LogP contribution in [0.3, 0.4) is 0 Å². The van der Waals surface area contributed by atoms with Crippen LogP contribution in [-0.2, 0) is 9.53 Å². The summed E-state index contributed by atoms with van der Waals surface area (Å²) in [6, 6.07) is 6.34. The second-order valence-corrected chi connectivity index (χ2v) is 8.75. The molecule has 1 rings (SSSR count). The largest absolute Gasteiger partial charge is 0.507 e. The summed E-state index contributed by atoms with van der Waals surface area (Å²) >= 11 is 0. The fraction of sp³-hybridized carbons (Fsp3) is 0.714. The van der Waals surface area contributed by atoms with Gasteiger partial charge in [0, 0.05) is 6.42 Å². The number of carbonyl (C=O) groups is 2. The van der Waals surface area contributed by atoms with Gasteiger partial charge in [-0.05, 0) is 25.0 Å². The quantitative estimate of drug-likeness (QED) is 0.159. The average molecular weight is 465 g/mol. The lowest BCUT2D eigenvalue weighted by atomic mass is 10.0. The van der Waals surface area contributed by atoms with Gasteiger partial charge in [0.05, 0.1) is 6.61 Å². The van der Waals surface area contributed by atoms with Crippen LogP contribution in [0.1, 0.15) is 133 Å². The monoisotopic (exact) mass is 464 g/mol. The molecule has 0 aliphatic heterocycles. The van der Waals surface area contributed by atoms with E-state index >= 15 is 0 Å². The van der Waals surface area contributed by atoms with Crippen molar-refractivity contribution in [2.75, 3.05) is 6.61 Å². The molecular formula is C28H48O5. The van der Waals surface area contributed by atoms with Gasteiger partial charge < -0.3 is 14.9 Å². The van der Waals surface area contributed by atoms with E-state index in [-0.39, 0.29) is 11.3 Å². The van der Waals surface area contributed by atoms with Crippen LogP contribution < -0.4 is 0 Å². The van der Waals surface area contributed by atoms with E-state index in [1.807, 2.05) is 6.92 Å². The Morgan fingerprint density at radius 3 is 1.58 bits per heavy atom. The Bertz CT molecular complexity index is 600. The van der Waals surface area contributed by atoms with Gasteiger partial charge in [-0.2, -0.15) is 0 Å². The first-order chi connectivity index (χ1) is 16.0. The Kier molecular flexibility index (Phi) is 21.7. The van der Waals surface area contributed by atoms with Crippen molar-refractivity contribution in [2.24, 2.45) is 0 Å². The Labute approximate surface area is 201 Å². The molecule has 0 unspecified atom stereocenters. The highest BCUT2D eigenvalue weighted by molar-refractivity contribution is 5.92. The van der Waals surface area contributed by atoms with E-state index in [9.17, 15) is 14.7 Å². The Morgan fingerprint density at radius 2 is 1.15 bits per heavy atom. The Morgan fingerprint density at radius 1 is 0.697 bits per heavy atom. The second kappa shape index (κ2) is 23.1. The summed E-state index contributed by atoms with van der Waals surface area (Å²) in [5.74, 6) is -1.16. The van der Waals surface area contributed by atoms with E-state index in [4.69, 9.17) is 9.84 Å². The minimum Gasteiger partial charge on any atom is -0.507 e. The number of benzene rings is 1. The number of esters is 1. The number of hydrogen-bond acceptors (Lipinski definition) is 4. The van der Waals surface area contributed by atoms with Gasteiger partial charge in [-0.3, -0.25) is 4.79 Å². The van der Waals surface area contributed by atoms with Crippen LogP contribution in [0.25, 0.3) is 0 Å². The van der Waals surface area contributed by atoms with Gasteiger partial charge in [-0.25, -0.2) is 4.79 Å². The van der Waals surface area contributed by atoms with Gasteiger partial charge in [0.1, 0.15) is 11.3 Å². The molecule has 0 spiro atoms. The van der Waals surface area contributed by atoms with Crippen LogP contribution in [0, 0.1) is 0 Å². The highest BCUT2D eigenvalue weighted by Gasteiger charge is 2.10. The lowest BCUT2D eigenvalue weighted by Crippen LogP contribution is -2.05. The van der Waals surface area contributed by atoms with E-state index in [2.05, 4.69) is 6.92 Å². The van der Waals surface area contributed by atoms with Crippen LogP contribution in [0.5, 0.6) is 5.75 Å². The van der Waals surface area contributed by atoms with E-state index in [1.54, 1.807) is 12.1 Å². The maximum Gasteiger partial charge on any atom is 0.341 e. The highest BCUT2D eigenvalue weighted by Crippen LogP contribution is 2.16. The van der Waals surface area contributed by atoms with Crippen molar-refractivity contribution in [3.05, 3.63) is 29.8 Å². The lowest BCUT2D eigenvalue weighted by molar-refractivity contribution is -0.137.